The number of hydrogen-bond acceptors (Lipinski definition) is 4. The molecule has 1 aliphatic heterocycles. The zero-order valence-corrected chi connectivity index (χ0v) is 20.9. The first-order chi connectivity index (χ1) is 15.0. The minimum atomic E-state index is -0.949. The van der Waals surface area contributed by atoms with E-state index in [0.717, 1.165) is 0 Å². The van der Waals surface area contributed by atoms with Crippen molar-refractivity contribution in [3.8, 4) is 0 Å². The average molecular weight is 459 g/mol. The van der Waals surface area contributed by atoms with E-state index < -0.39 is 8.45 Å². The maximum absolute atomic E-state index is 6.62. The highest BCUT2D eigenvalue weighted by molar-refractivity contribution is 7.80. The third-order valence-corrected chi connectivity index (χ3v) is 8.40. The second-order valence-electron chi connectivity index (χ2n) is 8.25. The molecular weight excluding hydrogens is 423 g/mol. The number of nitrogens with zero attached hydrogens (tertiary/aromatic N) is 2. The number of nitrogens with one attached hydrogen (secondary N) is 2. The monoisotopic (exact) mass is 458 g/mol. The molecule has 2 atom stereocenters. The molecule has 0 saturated carbocycles. The third-order valence-electron chi connectivity index (χ3n) is 5.43. The van der Waals surface area contributed by atoms with Crippen LogP contribution in [0.4, 0.5) is 0 Å². The topological polar surface area (TPSA) is 39.8 Å². The fourth-order valence-electron chi connectivity index (χ4n) is 4.14. The van der Waals surface area contributed by atoms with Crippen molar-refractivity contribution in [2.45, 2.75) is 51.9 Å². The Labute approximate surface area is 194 Å². The van der Waals surface area contributed by atoms with Crippen LogP contribution in [0.15, 0.2) is 60.7 Å². The van der Waals surface area contributed by atoms with Crippen LogP contribution in [-0.4, -0.2) is 46.7 Å². The Morgan fingerprint density at radius 3 is 1.74 bits per heavy atom. The zero-order valence-electron chi connectivity index (χ0n) is 19.2. The van der Waals surface area contributed by atoms with Gasteiger partial charge in [0.1, 0.15) is 0 Å². The Kier molecular flexibility index (Phi) is 8.82. The summed E-state index contributed by atoms with van der Waals surface area (Å²) in [5, 5.41) is 6.80. The molecule has 3 rings (SSSR count). The first-order valence-electron chi connectivity index (χ1n) is 11.0. The number of benzene rings is 2. The fourth-order valence-corrected chi connectivity index (χ4v) is 6.74. The molecule has 5 nitrogen and oxygen atoms in total. The van der Waals surface area contributed by atoms with E-state index in [1.54, 1.807) is 0 Å². The van der Waals surface area contributed by atoms with Crippen molar-refractivity contribution in [1.82, 2.24) is 20.0 Å². The molecule has 0 amide bonds. The first-order valence-corrected chi connectivity index (χ1v) is 12.6. The maximum Gasteiger partial charge on any atom is 0.189 e. The van der Waals surface area contributed by atoms with E-state index >= 15 is 0 Å². The van der Waals surface area contributed by atoms with Crippen molar-refractivity contribution in [2.24, 2.45) is 0 Å². The lowest BCUT2D eigenvalue weighted by Gasteiger charge is -2.34. The standard InChI is InChI=1S/C24H35N4OPS/c1-18(2)27-22(20-12-8-6-9-13-20)23(21-14-10-7-11-15-21)28(19(3)4)30(27)29-17-16-26-24(31)25-5/h6-15,18-19,22-23H,16-17H2,1-5H3,(H2,25,26,31)/t22-,23-/m1/s1. The molecule has 168 valence electrons. The molecule has 0 spiro atoms. The fraction of sp³-hybridized carbons (Fsp3) is 0.458. The molecule has 1 fully saturated rings. The Morgan fingerprint density at radius 1 is 0.903 bits per heavy atom. The molecule has 31 heavy (non-hydrogen) atoms. The summed E-state index contributed by atoms with van der Waals surface area (Å²) < 4.78 is 11.8. The molecule has 2 aromatic carbocycles. The predicted molar refractivity (Wildman–Crippen MR) is 135 cm³/mol. The van der Waals surface area contributed by atoms with Crippen molar-refractivity contribution in [3.63, 3.8) is 0 Å². The Morgan fingerprint density at radius 2 is 1.35 bits per heavy atom. The molecule has 0 unspecified atom stereocenters. The predicted octanol–water partition coefficient (Wildman–Crippen LogP) is 5.24. The second-order valence-corrected chi connectivity index (χ2v) is 10.3. The highest BCUT2D eigenvalue weighted by Crippen LogP contribution is 2.66. The van der Waals surface area contributed by atoms with E-state index in [1.807, 2.05) is 7.05 Å². The summed E-state index contributed by atoms with van der Waals surface area (Å²) in [4.78, 5) is 0. The molecule has 0 radical (unpaired) electrons. The largest absolute Gasteiger partial charge is 0.366 e. The Hall–Kier alpha value is -1.56. The van der Waals surface area contributed by atoms with Gasteiger partial charge in [-0.1, -0.05) is 60.7 Å². The number of rotatable bonds is 8. The molecular formula is C24H35N4OPS. The molecule has 1 aliphatic rings. The van der Waals surface area contributed by atoms with Crippen molar-refractivity contribution >= 4 is 25.8 Å². The van der Waals surface area contributed by atoms with Crippen molar-refractivity contribution in [3.05, 3.63) is 71.8 Å². The molecule has 7 heteroatoms. The van der Waals surface area contributed by atoms with Crippen LogP contribution in [0.2, 0.25) is 0 Å². The Bertz CT molecular complexity index is 763. The summed E-state index contributed by atoms with van der Waals surface area (Å²) >= 11 is 5.20. The van der Waals surface area contributed by atoms with Crippen molar-refractivity contribution in [2.75, 3.05) is 20.2 Å². The van der Waals surface area contributed by atoms with E-state index in [2.05, 4.69) is 108 Å². The molecule has 0 aliphatic carbocycles. The van der Waals surface area contributed by atoms with Crippen molar-refractivity contribution < 1.29 is 4.52 Å². The van der Waals surface area contributed by atoms with Gasteiger partial charge in [-0.25, -0.2) is 9.34 Å². The van der Waals surface area contributed by atoms with Gasteiger partial charge in [-0.3, -0.25) is 0 Å². The molecule has 2 N–H and O–H groups in total. The van der Waals surface area contributed by atoms with Gasteiger partial charge in [0.25, 0.3) is 0 Å². The van der Waals surface area contributed by atoms with Crippen LogP contribution in [0.1, 0.15) is 50.9 Å². The van der Waals surface area contributed by atoms with E-state index in [9.17, 15) is 0 Å². The third kappa shape index (κ3) is 5.63. The van der Waals surface area contributed by atoms with Gasteiger partial charge >= 0.3 is 0 Å². The highest BCUT2D eigenvalue weighted by atomic mass is 32.1. The molecule has 2 aromatic rings. The molecule has 1 heterocycles. The van der Waals surface area contributed by atoms with Crippen LogP contribution in [0.5, 0.6) is 0 Å². The van der Waals surface area contributed by atoms with Crippen LogP contribution in [-0.2, 0) is 4.52 Å². The second kappa shape index (κ2) is 11.3. The van der Waals surface area contributed by atoms with Gasteiger partial charge in [-0.05, 0) is 51.0 Å². The van der Waals surface area contributed by atoms with Crippen LogP contribution >= 0.6 is 20.7 Å². The lowest BCUT2D eigenvalue weighted by atomic mass is 9.92. The number of hydrogen-bond donors (Lipinski definition) is 2. The summed E-state index contributed by atoms with van der Waals surface area (Å²) in [5.41, 5.74) is 2.66. The highest BCUT2D eigenvalue weighted by Gasteiger charge is 2.51. The normalized spacial score (nSPS) is 20.5. The summed E-state index contributed by atoms with van der Waals surface area (Å²) in [5.74, 6) is 0. The van der Waals surface area contributed by atoms with Gasteiger partial charge in [0.05, 0.1) is 18.7 Å². The van der Waals surface area contributed by atoms with E-state index in [1.165, 1.54) is 11.1 Å². The summed E-state index contributed by atoms with van der Waals surface area (Å²) in [6.45, 7) is 10.4. The van der Waals surface area contributed by atoms with Gasteiger partial charge in [-0.2, -0.15) is 0 Å². The maximum atomic E-state index is 6.62. The SMILES string of the molecule is CNC(=S)NCCOP1N(C(C)C)[C@H](c2ccccc2)[C@@H](c2ccccc2)N1C(C)C. The smallest absolute Gasteiger partial charge is 0.189 e. The van der Waals surface area contributed by atoms with Gasteiger partial charge < -0.3 is 15.2 Å². The van der Waals surface area contributed by atoms with Crippen LogP contribution in [0, 0.1) is 0 Å². The lowest BCUT2D eigenvalue weighted by Crippen LogP contribution is -2.35. The van der Waals surface area contributed by atoms with E-state index in [4.69, 9.17) is 16.7 Å². The molecule has 0 bridgehead atoms. The van der Waals surface area contributed by atoms with E-state index in [-0.39, 0.29) is 12.1 Å². The zero-order chi connectivity index (χ0) is 22.4. The summed E-state index contributed by atoms with van der Waals surface area (Å²) in [6.07, 6.45) is 0. The lowest BCUT2D eigenvalue weighted by molar-refractivity contribution is 0.227. The molecule has 0 aromatic heterocycles. The van der Waals surface area contributed by atoms with Crippen LogP contribution in [0.25, 0.3) is 0 Å². The van der Waals surface area contributed by atoms with Crippen LogP contribution < -0.4 is 10.6 Å². The summed E-state index contributed by atoms with van der Waals surface area (Å²) in [6, 6.07) is 22.9. The quantitative estimate of drug-likeness (QED) is 0.320. The van der Waals surface area contributed by atoms with E-state index in [0.29, 0.717) is 30.3 Å². The van der Waals surface area contributed by atoms with Gasteiger partial charge in [-0.15, -0.1) is 0 Å². The van der Waals surface area contributed by atoms with Gasteiger partial charge in [0, 0.05) is 25.7 Å². The average Bonchev–Trinajstić information content (AvgIpc) is 3.13. The minimum Gasteiger partial charge on any atom is -0.366 e. The summed E-state index contributed by atoms with van der Waals surface area (Å²) in [7, 11) is 0.878. The first kappa shape index (κ1) is 24.1. The van der Waals surface area contributed by atoms with Gasteiger partial charge in [0.2, 0.25) is 0 Å². The number of thiocarbonyl (C=S) groups is 1. The van der Waals surface area contributed by atoms with Crippen LogP contribution in [0.3, 0.4) is 0 Å². The minimum absolute atomic E-state index is 0.225. The Balaban J connectivity index is 1.99. The van der Waals surface area contributed by atoms with Crippen molar-refractivity contribution in [1.29, 1.82) is 0 Å². The molecule has 1 saturated heterocycles. The van der Waals surface area contributed by atoms with Gasteiger partial charge in [0.15, 0.2) is 13.6 Å².